The van der Waals surface area contributed by atoms with Crippen molar-refractivity contribution in [1.82, 2.24) is 20.1 Å². The van der Waals surface area contributed by atoms with Crippen LogP contribution in [0.3, 0.4) is 0 Å². The first-order valence-corrected chi connectivity index (χ1v) is 6.33. The molecule has 0 radical (unpaired) electrons. The van der Waals surface area contributed by atoms with Crippen LogP contribution in [-0.4, -0.2) is 21.9 Å². The fourth-order valence-corrected chi connectivity index (χ4v) is 2.14. The van der Waals surface area contributed by atoms with Gasteiger partial charge in [-0.2, -0.15) is 5.10 Å². The van der Waals surface area contributed by atoms with E-state index in [9.17, 15) is 0 Å². The summed E-state index contributed by atoms with van der Waals surface area (Å²) in [6.07, 6.45) is 3.66. The van der Waals surface area contributed by atoms with Crippen LogP contribution in [0.15, 0.2) is 24.5 Å². The molecule has 0 aromatic carbocycles. The lowest BCUT2D eigenvalue weighted by atomic mass is 10.1. The van der Waals surface area contributed by atoms with Gasteiger partial charge in [0.1, 0.15) is 0 Å². The van der Waals surface area contributed by atoms with Crippen molar-refractivity contribution >= 4 is 0 Å². The van der Waals surface area contributed by atoms with Gasteiger partial charge in [-0.3, -0.25) is 4.98 Å². The van der Waals surface area contributed by atoms with E-state index in [0.717, 1.165) is 23.7 Å². The second-order valence-electron chi connectivity index (χ2n) is 4.59. The molecule has 2 heterocycles. The van der Waals surface area contributed by atoms with Crippen molar-refractivity contribution < 1.29 is 4.74 Å². The van der Waals surface area contributed by atoms with Gasteiger partial charge in [-0.15, -0.1) is 0 Å². The van der Waals surface area contributed by atoms with Gasteiger partial charge in [0.2, 0.25) is 5.88 Å². The van der Waals surface area contributed by atoms with Gasteiger partial charge in [0.05, 0.1) is 18.4 Å². The second-order valence-corrected chi connectivity index (χ2v) is 4.59. The largest absolute Gasteiger partial charge is 0.481 e. The molecule has 5 nitrogen and oxygen atoms in total. The van der Waals surface area contributed by atoms with Crippen molar-refractivity contribution in [2.24, 2.45) is 7.05 Å². The standard InChI is InChI=1S/C14H20N4O/c1-10(12-6-5-7-15-8-12)16-9-13-11(2)17-18(3)14(13)19-4/h5-8,10,16H,9H2,1-4H3. The number of methoxy groups -OCH3 is 1. The molecular weight excluding hydrogens is 240 g/mol. The highest BCUT2D eigenvalue weighted by atomic mass is 16.5. The predicted octanol–water partition coefficient (Wildman–Crippen LogP) is 1.98. The Balaban J connectivity index is 2.07. The van der Waals surface area contributed by atoms with Crippen molar-refractivity contribution in [2.45, 2.75) is 26.4 Å². The van der Waals surface area contributed by atoms with Gasteiger partial charge in [0.25, 0.3) is 0 Å². The number of rotatable bonds is 5. The zero-order chi connectivity index (χ0) is 13.8. The minimum absolute atomic E-state index is 0.234. The maximum absolute atomic E-state index is 5.38. The van der Waals surface area contributed by atoms with E-state index in [1.165, 1.54) is 5.56 Å². The highest BCUT2D eigenvalue weighted by Crippen LogP contribution is 2.21. The van der Waals surface area contributed by atoms with Crippen molar-refractivity contribution in [1.29, 1.82) is 0 Å². The van der Waals surface area contributed by atoms with Crippen LogP contribution in [0.2, 0.25) is 0 Å². The fraction of sp³-hybridized carbons (Fsp3) is 0.429. The van der Waals surface area contributed by atoms with Gasteiger partial charge < -0.3 is 10.1 Å². The molecule has 1 unspecified atom stereocenters. The lowest BCUT2D eigenvalue weighted by Gasteiger charge is -2.14. The maximum Gasteiger partial charge on any atom is 0.216 e. The van der Waals surface area contributed by atoms with E-state index >= 15 is 0 Å². The van der Waals surface area contributed by atoms with Crippen molar-refractivity contribution in [2.75, 3.05) is 7.11 Å². The lowest BCUT2D eigenvalue weighted by molar-refractivity contribution is 0.367. The summed E-state index contributed by atoms with van der Waals surface area (Å²) >= 11 is 0. The number of hydrogen-bond donors (Lipinski definition) is 1. The highest BCUT2D eigenvalue weighted by Gasteiger charge is 2.14. The first-order chi connectivity index (χ1) is 9.13. The van der Waals surface area contributed by atoms with E-state index < -0.39 is 0 Å². The predicted molar refractivity (Wildman–Crippen MR) is 74.0 cm³/mol. The molecule has 2 aromatic rings. The van der Waals surface area contributed by atoms with E-state index in [1.54, 1.807) is 18.0 Å². The van der Waals surface area contributed by atoms with Gasteiger partial charge in [-0.05, 0) is 25.5 Å². The van der Waals surface area contributed by atoms with Crippen molar-refractivity contribution in [3.05, 3.63) is 41.3 Å². The van der Waals surface area contributed by atoms with Crippen LogP contribution in [0.1, 0.15) is 29.8 Å². The molecule has 0 bridgehead atoms. The van der Waals surface area contributed by atoms with E-state index in [-0.39, 0.29) is 6.04 Å². The topological polar surface area (TPSA) is 52.0 Å². The van der Waals surface area contributed by atoms with Crippen LogP contribution in [0, 0.1) is 6.92 Å². The molecular formula is C14H20N4O. The number of pyridine rings is 1. The molecule has 102 valence electrons. The normalized spacial score (nSPS) is 12.4. The summed E-state index contributed by atoms with van der Waals surface area (Å²) in [5.74, 6) is 0.809. The van der Waals surface area contributed by atoms with E-state index in [1.807, 2.05) is 26.2 Å². The Hall–Kier alpha value is -1.88. The number of aromatic nitrogens is 3. The second kappa shape index (κ2) is 5.84. The zero-order valence-corrected chi connectivity index (χ0v) is 11.8. The maximum atomic E-state index is 5.38. The number of aryl methyl sites for hydroxylation is 2. The molecule has 1 N–H and O–H groups in total. The van der Waals surface area contributed by atoms with Crippen LogP contribution in [0.4, 0.5) is 0 Å². The number of ether oxygens (including phenoxy) is 1. The molecule has 0 aliphatic heterocycles. The molecule has 0 aliphatic carbocycles. The Morgan fingerprint density at radius 1 is 1.47 bits per heavy atom. The van der Waals surface area contributed by atoms with Crippen LogP contribution in [-0.2, 0) is 13.6 Å². The molecule has 0 fully saturated rings. The Bertz CT molecular complexity index is 536. The summed E-state index contributed by atoms with van der Waals surface area (Å²) in [5.41, 5.74) is 3.26. The third kappa shape index (κ3) is 2.93. The van der Waals surface area contributed by atoms with Crippen molar-refractivity contribution in [3.8, 4) is 5.88 Å². The van der Waals surface area contributed by atoms with E-state index in [4.69, 9.17) is 4.74 Å². The summed E-state index contributed by atoms with van der Waals surface area (Å²) in [6, 6.07) is 4.25. The molecule has 2 rings (SSSR count). The summed E-state index contributed by atoms with van der Waals surface area (Å²) in [5, 5.41) is 7.84. The van der Waals surface area contributed by atoms with Gasteiger partial charge >= 0.3 is 0 Å². The first kappa shape index (κ1) is 13.5. The smallest absolute Gasteiger partial charge is 0.216 e. The minimum Gasteiger partial charge on any atom is -0.481 e. The van der Waals surface area contributed by atoms with Gasteiger partial charge in [-0.25, -0.2) is 4.68 Å². The van der Waals surface area contributed by atoms with Crippen LogP contribution < -0.4 is 10.1 Å². The summed E-state index contributed by atoms with van der Waals surface area (Å²) in [4.78, 5) is 4.13. The summed E-state index contributed by atoms with van der Waals surface area (Å²) in [7, 11) is 3.56. The number of nitrogens with zero attached hydrogens (tertiary/aromatic N) is 3. The van der Waals surface area contributed by atoms with Crippen LogP contribution in [0.25, 0.3) is 0 Å². The quantitative estimate of drug-likeness (QED) is 0.893. The molecule has 0 spiro atoms. The third-order valence-corrected chi connectivity index (χ3v) is 3.25. The van der Waals surface area contributed by atoms with Crippen LogP contribution >= 0.6 is 0 Å². The fourth-order valence-electron chi connectivity index (χ4n) is 2.14. The Labute approximate surface area is 113 Å². The third-order valence-electron chi connectivity index (χ3n) is 3.25. The van der Waals surface area contributed by atoms with Crippen LogP contribution in [0.5, 0.6) is 5.88 Å². The van der Waals surface area contributed by atoms with Gasteiger partial charge in [0.15, 0.2) is 0 Å². The highest BCUT2D eigenvalue weighted by molar-refractivity contribution is 5.31. The average molecular weight is 260 g/mol. The average Bonchev–Trinajstić information content (AvgIpc) is 2.70. The van der Waals surface area contributed by atoms with Gasteiger partial charge in [-0.1, -0.05) is 6.07 Å². The van der Waals surface area contributed by atoms with Gasteiger partial charge in [0, 0.05) is 32.0 Å². The molecule has 5 heteroatoms. The molecule has 19 heavy (non-hydrogen) atoms. The van der Waals surface area contributed by atoms with Crippen molar-refractivity contribution in [3.63, 3.8) is 0 Å². The molecule has 0 amide bonds. The Kier molecular flexibility index (Phi) is 4.16. The molecule has 2 aromatic heterocycles. The molecule has 0 aliphatic rings. The SMILES string of the molecule is COc1c(CNC(C)c2cccnc2)c(C)nn1C. The molecule has 1 atom stereocenters. The Morgan fingerprint density at radius 3 is 2.89 bits per heavy atom. The Morgan fingerprint density at radius 2 is 2.26 bits per heavy atom. The monoisotopic (exact) mass is 260 g/mol. The zero-order valence-electron chi connectivity index (χ0n) is 11.8. The number of hydrogen-bond acceptors (Lipinski definition) is 4. The van der Waals surface area contributed by atoms with E-state index in [2.05, 4.69) is 28.4 Å². The first-order valence-electron chi connectivity index (χ1n) is 6.33. The number of nitrogens with one attached hydrogen (secondary N) is 1. The summed E-state index contributed by atoms with van der Waals surface area (Å²) < 4.78 is 7.15. The summed E-state index contributed by atoms with van der Waals surface area (Å²) in [6.45, 7) is 4.84. The lowest BCUT2D eigenvalue weighted by Crippen LogP contribution is -2.18. The molecule has 0 saturated heterocycles. The van der Waals surface area contributed by atoms with E-state index in [0.29, 0.717) is 0 Å². The molecule has 0 saturated carbocycles. The minimum atomic E-state index is 0.234.